The molecule has 0 bridgehead atoms. The monoisotopic (exact) mass is 309 g/mol. The highest BCUT2D eigenvalue weighted by molar-refractivity contribution is 6.32. The van der Waals surface area contributed by atoms with E-state index in [1.807, 2.05) is 6.07 Å². The molecular formula is C18H28ClNO. The van der Waals surface area contributed by atoms with Crippen molar-refractivity contribution in [2.24, 2.45) is 5.92 Å². The largest absolute Gasteiger partial charge is 0.495 e. The molecule has 1 aromatic rings. The van der Waals surface area contributed by atoms with Gasteiger partial charge in [-0.2, -0.15) is 0 Å². The van der Waals surface area contributed by atoms with Crippen LogP contribution in [0.4, 0.5) is 0 Å². The molecule has 1 atom stereocenters. The van der Waals surface area contributed by atoms with Crippen LogP contribution in [0.25, 0.3) is 0 Å². The van der Waals surface area contributed by atoms with Crippen LogP contribution >= 0.6 is 11.6 Å². The third kappa shape index (κ3) is 4.62. The van der Waals surface area contributed by atoms with Gasteiger partial charge < -0.3 is 10.1 Å². The lowest BCUT2D eigenvalue weighted by atomic mass is 9.83. The smallest absolute Gasteiger partial charge is 0.137 e. The molecule has 0 heterocycles. The predicted molar refractivity (Wildman–Crippen MR) is 90.2 cm³/mol. The third-order valence-corrected chi connectivity index (χ3v) is 4.88. The van der Waals surface area contributed by atoms with Gasteiger partial charge in [-0.25, -0.2) is 0 Å². The number of ether oxygens (including phenoxy) is 1. The van der Waals surface area contributed by atoms with Crippen LogP contribution in [0.3, 0.4) is 0 Å². The molecule has 0 aromatic heterocycles. The summed E-state index contributed by atoms with van der Waals surface area (Å²) >= 11 is 6.32. The lowest BCUT2D eigenvalue weighted by Crippen LogP contribution is -2.29. The molecule has 2 rings (SSSR count). The quantitative estimate of drug-likeness (QED) is 0.790. The van der Waals surface area contributed by atoms with Crippen LogP contribution < -0.4 is 10.1 Å². The van der Waals surface area contributed by atoms with Crippen molar-refractivity contribution < 1.29 is 4.74 Å². The zero-order chi connectivity index (χ0) is 15.1. The average Bonchev–Trinajstić information content (AvgIpc) is 2.45. The van der Waals surface area contributed by atoms with Crippen LogP contribution in [0.2, 0.25) is 5.02 Å². The Morgan fingerprint density at radius 1 is 1.19 bits per heavy atom. The topological polar surface area (TPSA) is 21.3 Å². The van der Waals surface area contributed by atoms with Crippen LogP contribution in [0.15, 0.2) is 18.2 Å². The first kappa shape index (κ1) is 16.6. The molecule has 1 aliphatic rings. The van der Waals surface area contributed by atoms with Gasteiger partial charge in [-0.15, -0.1) is 0 Å². The first-order valence-electron chi connectivity index (χ1n) is 8.33. The Balaban J connectivity index is 2.18. The van der Waals surface area contributed by atoms with Crippen molar-refractivity contribution in [3.8, 4) is 5.75 Å². The SMILES string of the molecule is CCNC(c1ccc(OC)c(Cl)c1)C1CCCCCCC1. The van der Waals surface area contributed by atoms with E-state index in [4.69, 9.17) is 16.3 Å². The molecule has 0 spiro atoms. The molecule has 0 aliphatic heterocycles. The summed E-state index contributed by atoms with van der Waals surface area (Å²) in [6.45, 7) is 3.17. The van der Waals surface area contributed by atoms with Gasteiger partial charge in [-0.3, -0.25) is 0 Å². The summed E-state index contributed by atoms with van der Waals surface area (Å²) < 4.78 is 5.27. The van der Waals surface area contributed by atoms with Gasteiger partial charge in [0.05, 0.1) is 12.1 Å². The molecule has 118 valence electrons. The molecule has 0 saturated heterocycles. The summed E-state index contributed by atoms with van der Waals surface area (Å²) in [5.74, 6) is 1.48. The molecule has 1 unspecified atom stereocenters. The molecule has 0 radical (unpaired) electrons. The summed E-state index contributed by atoms with van der Waals surface area (Å²) in [6.07, 6.45) is 9.54. The van der Waals surface area contributed by atoms with Gasteiger partial charge in [0.15, 0.2) is 0 Å². The second-order valence-corrected chi connectivity index (χ2v) is 6.44. The molecule has 1 aliphatic carbocycles. The van der Waals surface area contributed by atoms with Gasteiger partial charge in [0.2, 0.25) is 0 Å². The Hall–Kier alpha value is -0.730. The Morgan fingerprint density at radius 2 is 1.86 bits per heavy atom. The highest BCUT2D eigenvalue weighted by atomic mass is 35.5. The van der Waals surface area contributed by atoms with E-state index in [1.165, 1.54) is 50.5 Å². The zero-order valence-corrected chi connectivity index (χ0v) is 14.1. The number of rotatable bonds is 5. The van der Waals surface area contributed by atoms with Crippen LogP contribution in [0.1, 0.15) is 63.5 Å². The molecule has 1 aromatic carbocycles. The van der Waals surface area contributed by atoms with Crippen LogP contribution in [-0.2, 0) is 0 Å². The van der Waals surface area contributed by atoms with Crippen molar-refractivity contribution in [1.29, 1.82) is 0 Å². The minimum atomic E-state index is 0.413. The molecule has 0 amide bonds. The first-order valence-corrected chi connectivity index (χ1v) is 8.71. The van der Waals surface area contributed by atoms with E-state index in [0.29, 0.717) is 11.1 Å². The van der Waals surface area contributed by atoms with Crippen molar-refractivity contribution in [2.45, 2.75) is 57.9 Å². The first-order chi connectivity index (χ1) is 10.3. The molecular weight excluding hydrogens is 282 g/mol. The van der Waals surface area contributed by atoms with Crippen LogP contribution in [0, 0.1) is 5.92 Å². The zero-order valence-electron chi connectivity index (χ0n) is 13.3. The van der Waals surface area contributed by atoms with Crippen molar-refractivity contribution in [3.63, 3.8) is 0 Å². The van der Waals surface area contributed by atoms with E-state index in [9.17, 15) is 0 Å². The van der Waals surface area contributed by atoms with Crippen molar-refractivity contribution in [2.75, 3.05) is 13.7 Å². The standard InChI is InChI=1S/C18H28ClNO/c1-3-20-18(14-9-7-5-4-6-8-10-14)15-11-12-17(21-2)16(19)13-15/h11-14,18,20H,3-10H2,1-2H3. The number of hydrogen-bond acceptors (Lipinski definition) is 2. The Bertz CT molecular complexity index is 427. The summed E-state index contributed by atoms with van der Waals surface area (Å²) in [7, 11) is 1.66. The Kier molecular flexibility index (Phi) is 6.85. The Labute approximate surface area is 134 Å². The van der Waals surface area contributed by atoms with Gasteiger partial charge in [0.1, 0.15) is 5.75 Å². The van der Waals surface area contributed by atoms with Crippen molar-refractivity contribution in [3.05, 3.63) is 28.8 Å². The normalized spacial score (nSPS) is 18.8. The molecule has 1 fully saturated rings. The fourth-order valence-electron chi connectivity index (χ4n) is 3.47. The van der Waals surface area contributed by atoms with Crippen molar-refractivity contribution >= 4 is 11.6 Å². The maximum atomic E-state index is 6.32. The van der Waals surface area contributed by atoms with Gasteiger partial charge in [-0.1, -0.05) is 56.7 Å². The van der Waals surface area contributed by atoms with E-state index in [1.54, 1.807) is 7.11 Å². The fraction of sp³-hybridized carbons (Fsp3) is 0.667. The highest BCUT2D eigenvalue weighted by Gasteiger charge is 2.23. The van der Waals surface area contributed by atoms with Crippen LogP contribution in [-0.4, -0.2) is 13.7 Å². The van der Waals surface area contributed by atoms with E-state index in [0.717, 1.165) is 18.2 Å². The van der Waals surface area contributed by atoms with Crippen molar-refractivity contribution in [1.82, 2.24) is 5.32 Å². The average molecular weight is 310 g/mol. The maximum Gasteiger partial charge on any atom is 0.137 e. The second-order valence-electron chi connectivity index (χ2n) is 6.03. The van der Waals surface area contributed by atoms with E-state index < -0.39 is 0 Å². The van der Waals surface area contributed by atoms with E-state index >= 15 is 0 Å². The lowest BCUT2D eigenvalue weighted by molar-refractivity contribution is 0.291. The van der Waals surface area contributed by atoms with Gasteiger partial charge in [0, 0.05) is 6.04 Å². The summed E-state index contributed by atoms with van der Waals surface area (Å²) in [6, 6.07) is 6.64. The second kappa shape index (κ2) is 8.65. The Morgan fingerprint density at radius 3 is 2.43 bits per heavy atom. The molecule has 3 heteroatoms. The van der Waals surface area contributed by atoms with Gasteiger partial charge in [-0.05, 0) is 43.0 Å². The number of nitrogens with one attached hydrogen (secondary N) is 1. The van der Waals surface area contributed by atoms with Gasteiger partial charge >= 0.3 is 0 Å². The predicted octanol–water partition coefficient (Wildman–Crippen LogP) is 5.36. The molecule has 1 saturated carbocycles. The number of hydrogen-bond donors (Lipinski definition) is 1. The maximum absolute atomic E-state index is 6.32. The number of halogens is 1. The minimum absolute atomic E-state index is 0.413. The molecule has 21 heavy (non-hydrogen) atoms. The summed E-state index contributed by atoms with van der Waals surface area (Å²) in [5, 5.41) is 4.39. The summed E-state index contributed by atoms with van der Waals surface area (Å²) in [5.41, 5.74) is 1.30. The molecule has 2 nitrogen and oxygen atoms in total. The van der Waals surface area contributed by atoms with E-state index in [2.05, 4.69) is 24.4 Å². The fourth-order valence-corrected chi connectivity index (χ4v) is 3.74. The van der Waals surface area contributed by atoms with Gasteiger partial charge in [0.25, 0.3) is 0 Å². The third-order valence-electron chi connectivity index (χ3n) is 4.58. The molecule has 1 N–H and O–H groups in total. The van der Waals surface area contributed by atoms with Crippen LogP contribution in [0.5, 0.6) is 5.75 Å². The number of benzene rings is 1. The number of methoxy groups -OCH3 is 1. The summed E-state index contributed by atoms with van der Waals surface area (Å²) in [4.78, 5) is 0. The van der Waals surface area contributed by atoms with E-state index in [-0.39, 0.29) is 0 Å². The lowest BCUT2D eigenvalue weighted by Gasteiger charge is -2.30. The minimum Gasteiger partial charge on any atom is -0.495 e. The highest BCUT2D eigenvalue weighted by Crippen LogP contribution is 2.35.